The first kappa shape index (κ1) is 57.3. The Hall–Kier alpha value is -7.98. The molecular weight excluding hydrogens is 1380 g/mol. The van der Waals surface area contributed by atoms with Gasteiger partial charge in [0.25, 0.3) is 0 Å². The van der Waals surface area contributed by atoms with E-state index in [9.17, 15) is 0 Å². The smallest absolute Gasteiger partial charge is 0.230 e. The van der Waals surface area contributed by atoms with Gasteiger partial charge in [-0.05, 0) is 191 Å². The van der Waals surface area contributed by atoms with E-state index < -0.39 is 0 Å². The SMILES string of the molecule is Cc1ccc2c(-c3c(OCOc4ccc(OCOc5ccc(-c6ccc(OCC7[CH-]O7)cc6)cc5)cc4)ccc4cc(C)ccc34)cc(OCOc3ccc(OCOc4ccc(-c5ccc(OCC6[CH-]O6)cc5)cc4)cc3)cc2c1.[W].[W]. The van der Waals surface area contributed by atoms with Crippen molar-refractivity contribution in [2.24, 2.45) is 0 Å². The maximum Gasteiger partial charge on any atom is 0.230 e. The van der Waals surface area contributed by atoms with Gasteiger partial charge in [-0.25, -0.2) is 0 Å². The molecule has 2 aliphatic heterocycles. The van der Waals surface area contributed by atoms with Gasteiger partial charge in [-0.3, -0.25) is 0 Å². The van der Waals surface area contributed by atoms with Gasteiger partial charge < -0.3 is 56.8 Å². The Morgan fingerprint density at radius 2 is 0.646 bits per heavy atom. The Bertz CT molecular complexity index is 3680. The predicted molar refractivity (Wildman–Crippen MR) is 307 cm³/mol. The second-order valence-corrected chi connectivity index (χ2v) is 19.3. The normalized spacial score (nSPS) is 13.9. The van der Waals surface area contributed by atoms with Gasteiger partial charge in [0.2, 0.25) is 27.2 Å². The summed E-state index contributed by atoms with van der Waals surface area (Å²) in [7, 11) is 0. The molecule has 2 heterocycles. The van der Waals surface area contributed by atoms with Crippen LogP contribution in [0.25, 0.3) is 54.9 Å². The Balaban J connectivity index is 0.00000376. The van der Waals surface area contributed by atoms with Gasteiger partial charge in [-0.2, -0.15) is 13.2 Å². The average Bonchev–Trinajstić information content (AvgIpc) is 4.57. The monoisotopic (exact) mass is 1430 g/mol. The Kier molecular flexibility index (Phi) is 19.0. The fourth-order valence-electron chi connectivity index (χ4n) is 9.10. The van der Waals surface area contributed by atoms with Crippen LogP contribution in [-0.2, 0) is 51.6 Å². The molecule has 14 heteroatoms. The summed E-state index contributed by atoms with van der Waals surface area (Å²) < 4.78 is 70.4. The minimum absolute atomic E-state index is 0. The zero-order chi connectivity index (χ0) is 54.0. The summed E-state index contributed by atoms with van der Waals surface area (Å²) in [6.07, 6.45) is 0.200. The first-order chi connectivity index (χ1) is 39.4. The number of rotatable bonds is 25. The molecule has 2 fully saturated rings. The number of hydrogen-bond donors (Lipinski definition) is 0. The molecule has 10 aromatic carbocycles. The van der Waals surface area contributed by atoms with Crippen LogP contribution in [0.15, 0.2) is 206 Å². The molecule has 2 atom stereocenters. The topological polar surface area (TPSA) is 117 Å². The summed E-state index contributed by atoms with van der Waals surface area (Å²) in [4.78, 5) is 0. The van der Waals surface area contributed by atoms with Crippen molar-refractivity contribution in [3.8, 4) is 90.9 Å². The third-order valence-corrected chi connectivity index (χ3v) is 13.5. The summed E-state index contributed by atoms with van der Waals surface area (Å²) in [5.74, 6) is 6.84. The summed E-state index contributed by atoms with van der Waals surface area (Å²) >= 11 is 0. The van der Waals surface area contributed by atoms with Crippen molar-refractivity contribution in [3.63, 3.8) is 0 Å². The van der Waals surface area contributed by atoms with E-state index in [2.05, 4.69) is 56.3 Å². The molecule has 0 radical (unpaired) electrons. The van der Waals surface area contributed by atoms with Gasteiger partial charge in [0.15, 0.2) is 0 Å². The summed E-state index contributed by atoms with van der Waals surface area (Å²) in [5.41, 5.74) is 8.46. The molecule has 2 aliphatic rings. The second kappa shape index (κ2) is 27.2. The molecule has 0 aliphatic carbocycles. The molecule has 0 aromatic heterocycles. The largest absolute Gasteiger partial charge is 0.567 e. The van der Waals surface area contributed by atoms with Crippen LogP contribution >= 0.6 is 0 Å². The van der Waals surface area contributed by atoms with Crippen molar-refractivity contribution in [1.82, 2.24) is 0 Å². The number of ether oxygens (including phenoxy) is 12. The Morgan fingerprint density at radius 3 is 1.04 bits per heavy atom. The van der Waals surface area contributed by atoms with Crippen LogP contribution in [0, 0.1) is 27.1 Å². The first-order valence-electron chi connectivity index (χ1n) is 26.3. The van der Waals surface area contributed by atoms with Crippen molar-refractivity contribution in [1.29, 1.82) is 0 Å². The van der Waals surface area contributed by atoms with Gasteiger partial charge in [0.05, 0.1) is 13.2 Å². The molecule has 414 valence electrons. The van der Waals surface area contributed by atoms with E-state index in [0.717, 1.165) is 77.6 Å². The molecular formula is C68H56O12W2-2. The molecule has 0 N–H and O–H groups in total. The molecule has 0 amide bonds. The van der Waals surface area contributed by atoms with Crippen molar-refractivity contribution in [2.45, 2.75) is 26.1 Å². The minimum Gasteiger partial charge on any atom is -0.567 e. The van der Waals surface area contributed by atoms with Gasteiger partial charge in [-0.15, -0.1) is 0 Å². The zero-order valence-electron chi connectivity index (χ0n) is 44.9. The van der Waals surface area contributed by atoms with Crippen LogP contribution in [0.1, 0.15) is 11.1 Å². The van der Waals surface area contributed by atoms with Crippen LogP contribution < -0.4 is 47.4 Å². The molecule has 2 unspecified atom stereocenters. The van der Waals surface area contributed by atoms with E-state index in [-0.39, 0.29) is 81.5 Å². The van der Waals surface area contributed by atoms with E-state index >= 15 is 0 Å². The van der Waals surface area contributed by atoms with Crippen molar-refractivity contribution < 1.29 is 99.0 Å². The zero-order valence-corrected chi connectivity index (χ0v) is 50.8. The molecule has 0 bridgehead atoms. The molecule has 0 spiro atoms. The molecule has 12 rings (SSSR count). The predicted octanol–water partition coefficient (Wildman–Crippen LogP) is 15.1. The summed E-state index contributed by atoms with van der Waals surface area (Å²) in [5, 5.41) is 4.19. The number of benzene rings is 10. The molecule has 0 saturated carbocycles. The standard InChI is InChI=1S/C68H56O12.2W/c1-45-4-31-65-51(33-45)13-32-67(80-44-78-60-28-26-58(27-29-60)76-42-74-56-20-11-50(12-21-56)48-7-16-54(17-8-48)70-38-63-40-72-63)68(65)66-36-61(35-52-34-46(2)3-30-64(52)66)79-43-77-59-24-22-57(23-25-59)75-41-73-55-18-9-49(10-19-55)47-5-14-53(15-6-47)69-37-62-39-71-62;;/h3-36,39-40,62-63H,37-38,41-44H2,1-2H3;;/q-2;;. The van der Waals surface area contributed by atoms with Crippen molar-refractivity contribution in [2.75, 3.05) is 40.4 Å². The van der Waals surface area contributed by atoms with E-state index in [0.29, 0.717) is 59.2 Å². The number of hydrogen-bond acceptors (Lipinski definition) is 12. The van der Waals surface area contributed by atoms with E-state index in [1.165, 1.54) is 0 Å². The first-order valence-corrected chi connectivity index (χ1v) is 26.3. The van der Waals surface area contributed by atoms with Crippen LogP contribution in [-0.4, -0.2) is 52.6 Å². The van der Waals surface area contributed by atoms with Crippen LogP contribution in [0.2, 0.25) is 0 Å². The van der Waals surface area contributed by atoms with E-state index in [1.807, 2.05) is 164 Å². The second-order valence-electron chi connectivity index (χ2n) is 19.3. The summed E-state index contributed by atoms with van der Waals surface area (Å²) in [6.45, 7) is 8.78. The number of aryl methyl sites for hydroxylation is 2. The molecule has 10 aromatic rings. The van der Waals surface area contributed by atoms with Gasteiger partial charge in [0.1, 0.15) is 57.5 Å². The maximum atomic E-state index is 6.51. The van der Waals surface area contributed by atoms with Crippen LogP contribution in [0.3, 0.4) is 0 Å². The van der Waals surface area contributed by atoms with E-state index in [4.69, 9.17) is 56.8 Å². The fourth-order valence-corrected chi connectivity index (χ4v) is 9.10. The Morgan fingerprint density at radius 1 is 0.317 bits per heavy atom. The average molecular weight is 1430 g/mol. The third kappa shape index (κ3) is 15.1. The van der Waals surface area contributed by atoms with Gasteiger partial charge in [0, 0.05) is 47.7 Å². The quantitative estimate of drug-likeness (QED) is 0.0308. The molecule has 2 saturated heterocycles. The maximum absolute atomic E-state index is 6.51. The number of epoxide rings is 2. The van der Waals surface area contributed by atoms with Crippen molar-refractivity contribution >= 4 is 21.5 Å². The third-order valence-electron chi connectivity index (χ3n) is 13.5. The minimum atomic E-state index is -0.0357. The number of fused-ring (bicyclic) bond motifs is 2. The Labute approximate surface area is 505 Å². The van der Waals surface area contributed by atoms with Crippen LogP contribution in [0.4, 0.5) is 0 Å². The molecule has 82 heavy (non-hydrogen) atoms. The summed E-state index contributed by atoms with van der Waals surface area (Å²) in [6, 6.07) is 67.5. The van der Waals surface area contributed by atoms with Gasteiger partial charge >= 0.3 is 0 Å². The molecule has 12 nitrogen and oxygen atoms in total. The van der Waals surface area contributed by atoms with Crippen LogP contribution in [0.5, 0.6) is 57.5 Å². The van der Waals surface area contributed by atoms with Crippen molar-refractivity contribution in [3.05, 3.63) is 231 Å². The fraction of sp³-hybridized carbons (Fsp3) is 0.147. The van der Waals surface area contributed by atoms with Gasteiger partial charge in [-0.1, -0.05) is 102 Å². The van der Waals surface area contributed by atoms with E-state index in [1.54, 1.807) is 13.2 Å².